The molecule has 0 saturated carbocycles. The Hall–Kier alpha value is -0.770. The number of hydrogen-bond donors (Lipinski definition) is 1. The van der Waals surface area contributed by atoms with Crippen LogP contribution in [0.3, 0.4) is 0 Å². The third-order valence-corrected chi connectivity index (χ3v) is 0.818. The van der Waals surface area contributed by atoms with E-state index in [-0.39, 0.29) is 0 Å². The van der Waals surface area contributed by atoms with Gasteiger partial charge in [0.2, 0.25) is 0 Å². The van der Waals surface area contributed by atoms with E-state index in [1.807, 2.05) is 0 Å². The number of primary amides is 1. The van der Waals surface area contributed by atoms with E-state index in [9.17, 15) is 4.79 Å². The lowest BCUT2D eigenvalue weighted by Gasteiger charge is -2.15. The molecule has 0 radical (unpaired) electrons. The average molecular weight is 132 g/mol. The zero-order valence-corrected chi connectivity index (χ0v) is 5.76. The van der Waals surface area contributed by atoms with Gasteiger partial charge >= 0.3 is 6.03 Å². The van der Waals surface area contributed by atoms with E-state index < -0.39 is 6.03 Å². The van der Waals surface area contributed by atoms with Crippen molar-refractivity contribution < 1.29 is 9.63 Å². The van der Waals surface area contributed by atoms with E-state index in [0.717, 1.165) is 5.06 Å². The lowest BCUT2D eigenvalue weighted by atomic mass is 10.7. The lowest BCUT2D eigenvalue weighted by molar-refractivity contribution is -0.106. The van der Waals surface area contributed by atoms with Crippen LogP contribution in [0.15, 0.2) is 0 Å². The molecule has 0 rings (SSSR count). The molecule has 0 unspecified atom stereocenters. The van der Waals surface area contributed by atoms with E-state index in [1.54, 1.807) is 13.8 Å². The van der Waals surface area contributed by atoms with Gasteiger partial charge in [0.1, 0.15) is 0 Å². The van der Waals surface area contributed by atoms with Gasteiger partial charge in [-0.3, -0.25) is 4.84 Å². The molecule has 0 aliphatic carbocycles. The fourth-order valence-corrected chi connectivity index (χ4v) is 0.467. The molecule has 0 saturated heterocycles. The van der Waals surface area contributed by atoms with Crippen LogP contribution < -0.4 is 5.73 Å². The Balaban J connectivity index is 3.54. The monoisotopic (exact) mass is 132 g/mol. The molecule has 0 bridgehead atoms. The number of hydroxylamine groups is 2. The van der Waals surface area contributed by atoms with Crippen molar-refractivity contribution in [2.24, 2.45) is 5.73 Å². The quantitative estimate of drug-likeness (QED) is 0.563. The number of nitrogens with zero attached hydrogens (tertiary/aromatic N) is 1. The Morgan fingerprint density at radius 1 is 1.67 bits per heavy atom. The maximum atomic E-state index is 10.3. The second kappa shape index (κ2) is 4.14. The Morgan fingerprint density at radius 2 is 2.22 bits per heavy atom. The van der Waals surface area contributed by atoms with E-state index in [2.05, 4.69) is 0 Å². The second-order valence-electron chi connectivity index (χ2n) is 1.45. The number of rotatable bonds is 3. The van der Waals surface area contributed by atoms with Crippen LogP contribution in [0, 0.1) is 0 Å². The zero-order chi connectivity index (χ0) is 7.28. The smallest absolute Gasteiger partial charge is 0.338 e. The van der Waals surface area contributed by atoms with Gasteiger partial charge in [-0.25, -0.2) is 9.86 Å². The molecule has 0 heterocycles. The SMILES string of the molecule is CCON(CC)C(N)=O. The number of carbonyl (C=O) groups excluding carboxylic acids is 1. The topological polar surface area (TPSA) is 55.6 Å². The fraction of sp³-hybridized carbons (Fsp3) is 0.800. The van der Waals surface area contributed by atoms with Crippen LogP contribution in [0.25, 0.3) is 0 Å². The van der Waals surface area contributed by atoms with Gasteiger partial charge in [0.25, 0.3) is 0 Å². The highest BCUT2D eigenvalue weighted by Gasteiger charge is 2.03. The molecule has 0 spiro atoms. The van der Waals surface area contributed by atoms with Crippen molar-refractivity contribution in [3.63, 3.8) is 0 Å². The number of amides is 2. The van der Waals surface area contributed by atoms with Gasteiger partial charge in [0, 0.05) is 6.54 Å². The van der Waals surface area contributed by atoms with Gasteiger partial charge in [-0.15, -0.1) is 0 Å². The molecule has 0 aromatic carbocycles. The zero-order valence-electron chi connectivity index (χ0n) is 5.76. The van der Waals surface area contributed by atoms with Crippen molar-refractivity contribution in [3.8, 4) is 0 Å². The predicted octanol–water partition coefficient (Wildman–Crippen LogP) is 0.339. The van der Waals surface area contributed by atoms with Crippen molar-refractivity contribution in [1.29, 1.82) is 0 Å². The molecular weight excluding hydrogens is 120 g/mol. The normalized spacial score (nSPS) is 9.11. The van der Waals surface area contributed by atoms with Crippen LogP contribution >= 0.6 is 0 Å². The largest absolute Gasteiger partial charge is 0.350 e. The highest BCUT2D eigenvalue weighted by molar-refractivity contribution is 5.70. The van der Waals surface area contributed by atoms with E-state index >= 15 is 0 Å². The molecule has 0 fully saturated rings. The van der Waals surface area contributed by atoms with E-state index in [4.69, 9.17) is 10.6 Å². The third kappa shape index (κ3) is 2.92. The first kappa shape index (κ1) is 8.23. The number of nitrogens with two attached hydrogens (primary N) is 1. The van der Waals surface area contributed by atoms with Gasteiger partial charge in [-0.2, -0.15) is 0 Å². The first-order valence-electron chi connectivity index (χ1n) is 2.92. The van der Waals surface area contributed by atoms with Crippen molar-refractivity contribution in [2.45, 2.75) is 13.8 Å². The summed E-state index contributed by atoms with van der Waals surface area (Å²) in [5.41, 5.74) is 4.90. The Morgan fingerprint density at radius 3 is 2.33 bits per heavy atom. The second-order valence-corrected chi connectivity index (χ2v) is 1.45. The summed E-state index contributed by atoms with van der Waals surface area (Å²) >= 11 is 0. The van der Waals surface area contributed by atoms with Crippen molar-refractivity contribution in [2.75, 3.05) is 13.2 Å². The maximum Gasteiger partial charge on any atom is 0.338 e. The summed E-state index contributed by atoms with van der Waals surface area (Å²) in [6.45, 7) is 4.55. The van der Waals surface area contributed by atoms with E-state index in [1.165, 1.54) is 0 Å². The van der Waals surface area contributed by atoms with Crippen molar-refractivity contribution >= 4 is 6.03 Å². The van der Waals surface area contributed by atoms with Crippen LogP contribution in [-0.4, -0.2) is 24.2 Å². The van der Waals surface area contributed by atoms with Crippen LogP contribution in [0.2, 0.25) is 0 Å². The molecule has 2 N–H and O–H groups in total. The van der Waals surface area contributed by atoms with Gasteiger partial charge in [-0.1, -0.05) is 0 Å². The number of urea groups is 1. The molecule has 0 aliphatic rings. The van der Waals surface area contributed by atoms with E-state index in [0.29, 0.717) is 13.2 Å². The molecule has 4 nitrogen and oxygen atoms in total. The molecule has 4 heteroatoms. The Kier molecular flexibility index (Phi) is 3.79. The standard InChI is InChI=1S/C5H12N2O2/c1-3-7(5(6)8)9-4-2/h3-4H2,1-2H3,(H2,6,8). The minimum absolute atomic E-state index is 0.469. The molecule has 9 heavy (non-hydrogen) atoms. The molecule has 2 amide bonds. The Bertz CT molecular complexity index is 95.0. The number of carbonyl (C=O) groups is 1. The molecule has 0 aromatic rings. The fourth-order valence-electron chi connectivity index (χ4n) is 0.467. The van der Waals surface area contributed by atoms with Gasteiger partial charge < -0.3 is 5.73 Å². The maximum absolute atomic E-state index is 10.3. The van der Waals surface area contributed by atoms with Gasteiger partial charge in [-0.05, 0) is 13.8 Å². The predicted molar refractivity (Wildman–Crippen MR) is 33.6 cm³/mol. The van der Waals surface area contributed by atoms with Crippen LogP contribution in [-0.2, 0) is 4.84 Å². The van der Waals surface area contributed by atoms with Crippen LogP contribution in [0.1, 0.15) is 13.8 Å². The minimum atomic E-state index is -0.542. The highest BCUT2D eigenvalue weighted by Crippen LogP contribution is 1.86. The summed E-state index contributed by atoms with van der Waals surface area (Å²) in [4.78, 5) is 15.2. The summed E-state index contributed by atoms with van der Waals surface area (Å²) < 4.78 is 0. The van der Waals surface area contributed by atoms with Crippen molar-refractivity contribution in [3.05, 3.63) is 0 Å². The molecule has 0 atom stereocenters. The molecule has 0 aromatic heterocycles. The summed E-state index contributed by atoms with van der Waals surface area (Å²) in [5, 5.41) is 1.11. The summed E-state index contributed by atoms with van der Waals surface area (Å²) in [5.74, 6) is 0. The van der Waals surface area contributed by atoms with Gasteiger partial charge in [0.05, 0.1) is 6.61 Å². The minimum Gasteiger partial charge on any atom is -0.350 e. The molecule has 54 valence electrons. The third-order valence-electron chi connectivity index (χ3n) is 0.818. The first-order valence-corrected chi connectivity index (χ1v) is 2.92. The summed E-state index contributed by atoms with van der Waals surface area (Å²) in [6.07, 6.45) is 0. The summed E-state index contributed by atoms with van der Waals surface area (Å²) in [7, 11) is 0. The van der Waals surface area contributed by atoms with Gasteiger partial charge in [0.15, 0.2) is 0 Å². The van der Waals surface area contributed by atoms with Crippen LogP contribution in [0.4, 0.5) is 4.79 Å². The molecular formula is C5H12N2O2. The highest BCUT2D eigenvalue weighted by atomic mass is 16.7. The molecule has 0 aliphatic heterocycles. The van der Waals surface area contributed by atoms with Crippen LogP contribution in [0.5, 0.6) is 0 Å². The lowest BCUT2D eigenvalue weighted by Crippen LogP contribution is -2.35. The average Bonchev–Trinajstić information content (AvgIpc) is 1.82. The number of hydrogen-bond acceptors (Lipinski definition) is 2. The summed E-state index contributed by atoms with van der Waals surface area (Å²) in [6, 6.07) is -0.542. The Labute approximate surface area is 54.5 Å². The first-order chi connectivity index (χ1) is 4.22. The van der Waals surface area contributed by atoms with Crippen molar-refractivity contribution in [1.82, 2.24) is 5.06 Å².